The number of aryl methyl sites for hydroxylation is 1. The molecular weight excluding hydrogens is 366 g/mol. The van der Waals surface area contributed by atoms with Gasteiger partial charge in [-0.05, 0) is 36.8 Å². The van der Waals surface area contributed by atoms with E-state index < -0.39 is 5.92 Å². The first-order valence-corrected chi connectivity index (χ1v) is 10.1. The van der Waals surface area contributed by atoms with Gasteiger partial charge in [-0.25, -0.2) is 0 Å². The van der Waals surface area contributed by atoms with Crippen LogP contribution in [-0.2, 0) is 14.3 Å². The molecule has 29 heavy (non-hydrogen) atoms. The summed E-state index contributed by atoms with van der Waals surface area (Å²) in [5, 5.41) is 3.01. The Morgan fingerprint density at radius 3 is 2.34 bits per heavy atom. The zero-order valence-corrected chi connectivity index (χ0v) is 16.9. The molecule has 2 saturated heterocycles. The van der Waals surface area contributed by atoms with Gasteiger partial charge in [0.05, 0.1) is 25.2 Å². The summed E-state index contributed by atoms with van der Waals surface area (Å²) in [7, 11) is 1.78. The first-order chi connectivity index (χ1) is 14.0. The van der Waals surface area contributed by atoms with E-state index in [1.807, 2.05) is 55.5 Å². The van der Waals surface area contributed by atoms with E-state index in [4.69, 9.17) is 4.74 Å². The minimum Gasteiger partial charge on any atom is -0.378 e. The van der Waals surface area contributed by atoms with Gasteiger partial charge in [0, 0.05) is 37.9 Å². The minimum atomic E-state index is -0.408. The summed E-state index contributed by atoms with van der Waals surface area (Å²) in [5.74, 6) is -0.528. The van der Waals surface area contributed by atoms with Gasteiger partial charge < -0.3 is 19.9 Å². The predicted molar refractivity (Wildman–Crippen MR) is 113 cm³/mol. The van der Waals surface area contributed by atoms with Crippen LogP contribution >= 0.6 is 0 Å². The number of carbonyl (C=O) groups is 2. The highest BCUT2D eigenvalue weighted by Crippen LogP contribution is 2.37. The smallest absolute Gasteiger partial charge is 0.230 e. The number of nitrogens with one attached hydrogen (secondary N) is 1. The van der Waals surface area contributed by atoms with Gasteiger partial charge in [0.15, 0.2) is 0 Å². The van der Waals surface area contributed by atoms with Crippen molar-refractivity contribution in [3.8, 4) is 0 Å². The maximum Gasteiger partial charge on any atom is 0.230 e. The Labute approximate surface area is 171 Å². The molecule has 2 aliphatic heterocycles. The van der Waals surface area contributed by atoms with Gasteiger partial charge in [-0.2, -0.15) is 0 Å². The van der Waals surface area contributed by atoms with Crippen molar-refractivity contribution in [3.63, 3.8) is 0 Å². The quantitative estimate of drug-likeness (QED) is 0.868. The standard InChI is InChI=1S/C23H27N3O3/c1-16-3-5-17(6-4-16)22-20(15-21(27)25(22)2)23(28)24-18-7-9-19(10-8-18)26-11-13-29-14-12-26/h3-10,20,22H,11-15H2,1-2H3,(H,24,28)/t20-,22-/m0/s1. The summed E-state index contributed by atoms with van der Waals surface area (Å²) < 4.78 is 5.39. The van der Waals surface area contributed by atoms with Crippen molar-refractivity contribution in [2.75, 3.05) is 43.6 Å². The molecule has 2 heterocycles. The molecule has 0 unspecified atom stereocenters. The van der Waals surface area contributed by atoms with E-state index in [0.717, 1.165) is 48.8 Å². The zero-order chi connectivity index (χ0) is 20.4. The zero-order valence-electron chi connectivity index (χ0n) is 16.9. The highest BCUT2D eigenvalue weighted by atomic mass is 16.5. The van der Waals surface area contributed by atoms with E-state index in [1.54, 1.807) is 11.9 Å². The van der Waals surface area contributed by atoms with Crippen LogP contribution in [0.1, 0.15) is 23.6 Å². The lowest BCUT2D eigenvalue weighted by Gasteiger charge is -2.29. The summed E-state index contributed by atoms with van der Waals surface area (Å²) in [6.07, 6.45) is 0.229. The Morgan fingerprint density at radius 1 is 1.03 bits per heavy atom. The lowest BCUT2D eigenvalue weighted by molar-refractivity contribution is -0.127. The van der Waals surface area contributed by atoms with Crippen LogP contribution in [0.5, 0.6) is 0 Å². The highest BCUT2D eigenvalue weighted by molar-refractivity contribution is 5.98. The van der Waals surface area contributed by atoms with Crippen LogP contribution in [0.25, 0.3) is 0 Å². The molecule has 2 fully saturated rings. The van der Waals surface area contributed by atoms with Crippen molar-refractivity contribution < 1.29 is 14.3 Å². The molecule has 0 bridgehead atoms. The second-order valence-corrected chi connectivity index (χ2v) is 7.81. The molecule has 2 amide bonds. The van der Waals surface area contributed by atoms with Crippen LogP contribution in [0.3, 0.4) is 0 Å². The van der Waals surface area contributed by atoms with Crippen molar-refractivity contribution in [1.82, 2.24) is 4.90 Å². The minimum absolute atomic E-state index is 0.00149. The number of anilines is 2. The Kier molecular flexibility index (Phi) is 5.53. The van der Waals surface area contributed by atoms with Gasteiger partial charge in [-0.1, -0.05) is 29.8 Å². The molecule has 6 nitrogen and oxygen atoms in total. The molecular formula is C23H27N3O3. The largest absolute Gasteiger partial charge is 0.378 e. The summed E-state index contributed by atoms with van der Waals surface area (Å²) in [6.45, 7) is 5.25. The molecule has 0 aromatic heterocycles. The van der Waals surface area contributed by atoms with Crippen LogP contribution in [0, 0.1) is 12.8 Å². The molecule has 152 valence electrons. The number of hydrogen-bond donors (Lipinski definition) is 1. The first kappa shape index (κ1) is 19.5. The number of carbonyl (C=O) groups excluding carboxylic acids is 2. The van der Waals surface area contributed by atoms with E-state index >= 15 is 0 Å². The van der Waals surface area contributed by atoms with Crippen molar-refractivity contribution >= 4 is 23.2 Å². The van der Waals surface area contributed by atoms with Crippen molar-refractivity contribution in [3.05, 3.63) is 59.7 Å². The third-order valence-electron chi connectivity index (χ3n) is 5.85. The third-order valence-corrected chi connectivity index (χ3v) is 5.85. The topological polar surface area (TPSA) is 61.9 Å². The third kappa shape index (κ3) is 4.12. The fourth-order valence-corrected chi connectivity index (χ4v) is 4.14. The van der Waals surface area contributed by atoms with E-state index in [9.17, 15) is 9.59 Å². The first-order valence-electron chi connectivity index (χ1n) is 10.1. The molecule has 0 radical (unpaired) electrons. The highest BCUT2D eigenvalue weighted by Gasteiger charge is 2.42. The monoisotopic (exact) mass is 393 g/mol. The maximum atomic E-state index is 13.0. The SMILES string of the molecule is Cc1ccc([C@H]2[C@@H](C(=O)Nc3ccc(N4CCOCC4)cc3)CC(=O)N2C)cc1. The molecule has 2 atom stereocenters. The number of morpholine rings is 1. The molecule has 1 N–H and O–H groups in total. The van der Waals surface area contributed by atoms with E-state index in [-0.39, 0.29) is 24.3 Å². The van der Waals surface area contributed by atoms with Gasteiger partial charge in [0.2, 0.25) is 11.8 Å². The summed E-state index contributed by atoms with van der Waals surface area (Å²) in [4.78, 5) is 29.3. The lowest BCUT2D eigenvalue weighted by atomic mass is 9.92. The van der Waals surface area contributed by atoms with Crippen molar-refractivity contribution in [1.29, 1.82) is 0 Å². The van der Waals surface area contributed by atoms with E-state index in [2.05, 4.69) is 10.2 Å². The predicted octanol–water partition coefficient (Wildman–Crippen LogP) is 2.99. The molecule has 2 aliphatic rings. The summed E-state index contributed by atoms with van der Waals surface area (Å²) in [5.41, 5.74) is 4.02. The van der Waals surface area contributed by atoms with Crippen molar-refractivity contribution in [2.24, 2.45) is 5.92 Å². The number of nitrogens with zero attached hydrogens (tertiary/aromatic N) is 2. The number of ether oxygens (including phenoxy) is 1. The van der Waals surface area contributed by atoms with E-state index in [0.29, 0.717) is 0 Å². The van der Waals surface area contributed by atoms with Crippen LogP contribution in [0.15, 0.2) is 48.5 Å². The number of rotatable bonds is 4. The van der Waals surface area contributed by atoms with E-state index in [1.165, 1.54) is 0 Å². The Hall–Kier alpha value is -2.86. The van der Waals surface area contributed by atoms with Crippen LogP contribution in [0.4, 0.5) is 11.4 Å². The number of benzene rings is 2. The van der Waals surface area contributed by atoms with Crippen LogP contribution in [-0.4, -0.2) is 50.1 Å². The summed E-state index contributed by atoms with van der Waals surface area (Å²) in [6, 6.07) is 15.7. The van der Waals surface area contributed by atoms with Gasteiger partial charge in [0.25, 0.3) is 0 Å². The van der Waals surface area contributed by atoms with Crippen molar-refractivity contribution in [2.45, 2.75) is 19.4 Å². The fourth-order valence-electron chi connectivity index (χ4n) is 4.14. The van der Waals surface area contributed by atoms with Crippen LogP contribution < -0.4 is 10.2 Å². The molecule has 0 spiro atoms. The van der Waals surface area contributed by atoms with Gasteiger partial charge in [0.1, 0.15) is 0 Å². The lowest BCUT2D eigenvalue weighted by Crippen LogP contribution is -2.36. The molecule has 4 rings (SSSR count). The second kappa shape index (κ2) is 8.25. The molecule has 0 saturated carbocycles. The molecule has 0 aliphatic carbocycles. The second-order valence-electron chi connectivity index (χ2n) is 7.81. The number of amides is 2. The van der Waals surface area contributed by atoms with Gasteiger partial charge in [-0.15, -0.1) is 0 Å². The Bertz CT molecular complexity index is 873. The Balaban J connectivity index is 1.47. The molecule has 2 aromatic carbocycles. The van der Waals surface area contributed by atoms with Gasteiger partial charge in [-0.3, -0.25) is 9.59 Å². The molecule has 2 aromatic rings. The number of likely N-dealkylation sites (tertiary alicyclic amines) is 1. The average molecular weight is 393 g/mol. The normalized spacial score (nSPS) is 22.1. The Morgan fingerprint density at radius 2 is 1.69 bits per heavy atom. The van der Waals surface area contributed by atoms with Gasteiger partial charge >= 0.3 is 0 Å². The van der Waals surface area contributed by atoms with Crippen LogP contribution in [0.2, 0.25) is 0 Å². The fraction of sp³-hybridized carbons (Fsp3) is 0.391. The average Bonchev–Trinajstić information content (AvgIpc) is 3.05. The maximum absolute atomic E-state index is 13.0. The number of hydrogen-bond acceptors (Lipinski definition) is 4. The molecule has 6 heteroatoms. The summed E-state index contributed by atoms with van der Waals surface area (Å²) >= 11 is 0.